The molecule has 2 fully saturated rings. The Labute approximate surface area is 158 Å². The Morgan fingerprint density at radius 3 is 2.41 bits per heavy atom. The maximum Gasteiger partial charge on any atom is 0.414 e. The van der Waals surface area contributed by atoms with Gasteiger partial charge in [-0.25, -0.2) is 9.18 Å². The number of amides is 1. The van der Waals surface area contributed by atoms with Gasteiger partial charge in [0.2, 0.25) is 0 Å². The quantitative estimate of drug-likeness (QED) is 0.898. The number of piperidine rings is 1. The van der Waals surface area contributed by atoms with Gasteiger partial charge < -0.3 is 9.84 Å². The van der Waals surface area contributed by atoms with Crippen molar-refractivity contribution in [1.82, 2.24) is 4.90 Å². The van der Waals surface area contributed by atoms with Crippen molar-refractivity contribution in [3.63, 3.8) is 0 Å². The number of ether oxygens (including phenoxy) is 1. The third-order valence-electron chi connectivity index (χ3n) is 5.47. The summed E-state index contributed by atoms with van der Waals surface area (Å²) in [6, 6.07) is 15.6. The maximum absolute atomic E-state index is 13.1. The lowest BCUT2D eigenvalue weighted by Gasteiger charge is -2.39. The molecule has 2 aromatic carbocycles. The van der Waals surface area contributed by atoms with E-state index in [9.17, 15) is 14.3 Å². The first kappa shape index (κ1) is 17.9. The molecular weight excluding hydrogens is 347 g/mol. The van der Waals surface area contributed by atoms with Gasteiger partial charge in [-0.15, -0.1) is 0 Å². The van der Waals surface area contributed by atoms with Crippen molar-refractivity contribution in [3.8, 4) is 0 Å². The van der Waals surface area contributed by atoms with Gasteiger partial charge in [0.1, 0.15) is 11.9 Å². The van der Waals surface area contributed by atoms with E-state index in [1.807, 2.05) is 30.3 Å². The fraction of sp³-hybridized carbons (Fsp3) is 0.381. The van der Waals surface area contributed by atoms with Gasteiger partial charge in [-0.2, -0.15) is 0 Å². The van der Waals surface area contributed by atoms with E-state index in [1.54, 1.807) is 12.1 Å². The van der Waals surface area contributed by atoms with Gasteiger partial charge in [-0.1, -0.05) is 30.3 Å². The van der Waals surface area contributed by atoms with Crippen molar-refractivity contribution in [2.75, 3.05) is 31.1 Å². The summed E-state index contributed by atoms with van der Waals surface area (Å²) in [5, 5.41) is 10.9. The molecule has 0 bridgehead atoms. The molecule has 1 N–H and O–H groups in total. The Balaban J connectivity index is 1.33. The Morgan fingerprint density at radius 1 is 1.07 bits per heavy atom. The van der Waals surface area contributed by atoms with Crippen LogP contribution in [0.4, 0.5) is 14.9 Å². The minimum absolute atomic E-state index is 0.231. The van der Waals surface area contributed by atoms with Crippen LogP contribution in [-0.4, -0.2) is 48.4 Å². The van der Waals surface area contributed by atoms with E-state index in [0.717, 1.165) is 18.7 Å². The molecule has 2 heterocycles. The number of likely N-dealkylation sites (tertiary alicyclic amines) is 1. The molecule has 1 atom stereocenters. The van der Waals surface area contributed by atoms with Gasteiger partial charge in [0, 0.05) is 25.3 Å². The molecule has 4 rings (SSSR count). The zero-order valence-corrected chi connectivity index (χ0v) is 15.1. The summed E-state index contributed by atoms with van der Waals surface area (Å²) in [6.45, 7) is 2.57. The van der Waals surface area contributed by atoms with E-state index in [0.29, 0.717) is 31.6 Å². The highest BCUT2D eigenvalue weighted by molar-refractivity contribution is 5.89. The molecule has 0 aliphatic carbocycles. The second kappa shape index (κ2) is 7.29. The van der Waals surface area contributed by atoms with Crippen LogP contribution in [0.1, 0.15) is 18.4 Å². The van der Waals surface area contributed by atoms with Crippen LogP contribution in [0.5, 0.6) is 0 Å². The summed E-state index contributed by atoms with van der Waals surface area (Å²) in [6.07, 6.45) is 0.675. The Morgan fingerprint density at radius 2 is 1.74 bits per heavy atom. The number of rotatable bonds is 4. The molecule has 142 valence electrons. The second-order valence-corrected chi connectivity index (χ2v) is 7.29. The van der Waals surface area contributed by atoms with Crippen molar-refractivity contribution in [2.45, 2.75) is 24.5 Å². The Hall–Kier alpha value is -2.44. The minimum Gasteiger partial charge on any atom is -0.443 e. The van der Waals surface area contributed by atoms with Crippen LogP contribution >= 0.6 is 0 Å². The fourth-order valence-corrected chi connectivity index (χ4v) is 3.88. The first-order chi connectivity index (χ1) is 13.0. The van der Waals surface area contributed by atoms with E-state index in [4.69, 9.17) is 4.74 Å². The lowest BCUT2D eigenvalue weighted by atomic mass is 9.84. The van der Waals surface area contributed by atoms with Crippen molar-refractivity contribution in [2.24, 2.45) is 0 Å². The number of hydrogen-bond acceptors (Lipinski definition) is 4. The summed E-state index contributed by atoms with van der Waals surface area (Å²) >= 11 is 0. The van der Waals surface area contributed by atoms with Gasteiger partial charge >= 0.3 is 6.09 Å². The molecule has 0 spiro atoms. The fourth-order valence-electron chi connectivity index (χ4n) is 3.88. The van der Waals surface area contributed by atoms with Crippen LogP contribution in [0.25, 0.3) is 0 Å². The number of hydrogen-bond donors (Lipinski definition) is 1. The second-order valence-electron chi connectivity index (χ2n) is 7.29. The molecule has 2 aliphatic rings. The summed E-state index contributed by atoms with van der Waals surface area (Å²) in [4.78, 5) is 15.9. The number of benzene rings is 2. The van der Waals surface area contributed by atoms with Gasteiger partial charge in [-0.3, -0.25) is 9.80 Å². The SMILES string of the molecule is O=C1OC(CN2CCC(O)(c3ccccc3)CC2)CN1c1ccc(F)cc1. The van der Waals surface area contributed by atoms with Crippen molar-refractivity contribution >= 4 is 11.8 Å². The zero-order valence-electron chi connectivity index (χ0n) is 15.1. The summed E-state index contributed by atoms with van der Waals surface area (Å²) in [7, 11) is 0. The highest BCUT2D eigenvalue weighted by atomic mass is 19.1. The van der Waals surface area contributed by atoms with Crippen LogP contribution in [-0.2, 0) is 10.3 Å². The van der Waals surface area contributed by atoms with Crippen molar-refractivity contribution in [3.05, 3.63) is 66.0 Å². The van der Waals surface area contributed by atoms with Gasteiger partial charge in [-0.05, 0) is 42.7 Å². The van der Waals surface area contributed by atoms with Crippen LogP contribution in [0.3, 0.4) is 0 Å². The molecule has 27 heavy (non-hydrogen) atoms. The Kier molecular flexibility index (Phi) is 4.85. The maximum atomic E-state index is 13.1. The lowest BCUT2D eigenvalue weighted by Crippen LogP contribution is -2.45. The molecule has 0 saturated carbocycles. The highest BCUT2D eigenvalue weighted by Gasteiger charge is 2.37. The molecule has 1 unspecified atom stereocenters. The van der Waals surface area contributed by atoms with Crippen LogP contribution in [0.15, 0.2) is 54.6 Å². The van der Waals surface area contributed by atoms with Gasteiger partial charge in [0.15, 0.2) is 0 Å². The number of cyclic esters (lactones) is 1. The molecular formula is C21H23FN2O3. The van der Waals surface area contributed by atoms with E-state index in [-0.39, 0.29) is 11.9 Å². The average molecular weight is 370 g/mol. The molecule has 6 heteroatoms. The van der Waals surface area contributed by atoms with Crippen LogP contribution in [0, 0.1) is 5.82 Å². The highest BCUT2D eigenvalue weighted by Crippen LogP contribution is 2.33. The number of anilines is 1. The van der Waals surface area contributed by atoms with Crippen molar-refractivity contribution < 1.29 is 19.0 Å². The molecule has 5 nitrogen and oxygen atoms in total. The molecule has 0 radical (unpaired) electrons. The standard InChI is InChI=1S/C21H23FN2O3/c22-17-6-8-18(9-7-17)24-15-19(27-20(24)25)14-23-12-10-21(26,11-13-23)16-4-2-1-3-5-16/h1-9,19,26H,10-15H2. The first-order valence-electron chi connectivity index (χ1n) is 9.27. The topological polar surface area (TPSA) is 53.0 Å². The number of nitrogens with zero attached hydrogens (tertiary/aromatic N) is 2. The molecule has 0 aromatic heterocycles. The molecule has 2 saturated heterocycles. The van der Waals surface area contributed by atoms with E-state index < -0.39 is 11.7 Å². The van der Waals surface area contributed by atoms with Gasteiger partial charge in [0.05, 0.1) is 12.1 Å². The van der Waals surface area contributed by atoms with Crippen LogP contribution in [0.2, 0.25) is 0 Å². The number of halogens is 1. The van der Waals surface area contributed by atoms with Crippen molar-refractivity contribution in [1.29, 1.82) is 0 Å². The van der Waals surface area contributed by atoms with Gasteiger partial charge in [0.25, 0.3) is 0 Å². The smallest absolute Gasteiger partial charge is 0.414 e. The summed E-state index contributed by atoms with van der Waals surface area (Å²) < 4.78 is 18.6. The molecule has 1 amide bonds. The van der Waals surface area contributed by atoms with E-state index >= 15 is 0 Å². The predicted molar refractivity (Wildman–Crippen MR) is 100 cm³/mol. The third-order valence-corrected chi connectivity index (χ3v) is 5.47. The number of carbonyl (C=O) groups excluding carboxylic acids is 1. The largest absolute Gasteiger partial charge is 0.443 e. The number of aliphatic hydroxyl groups is 1. The van der Waals surface area contributed by atoms with Crippen LogP contribution < -0.4 is 4.90 Å². The number of carbonyl (C=O) groups is 1. The lowest BCUT2D eigenvalue weighted by molar-refractivity contribution is -0.0325. The summed E-state index contributed by atoms with van der Waals surface area (Å²) in [5.41, 5.74) is 0.810. The Bertz CT molecular complexity index is 789. The minimum atomic E-state index is -0.787. The monoisotopic (exact) mass is 370 g/mol. The first-order valence-corrected chi connectivity index (χ1v) is 9.27. The molecule has 2 aromatic rings. The molecule has 2 aliphatic heterocycles. The van der Waals surface area contributed by atoms with E-state index in [1.165, 1.54) is 17.0 Å². The zero-order chi connectivity index (χ0) is 18.9. The normalized spacial score (nSPS) is 22.7. The van der Waals surface area contributed by atoms with E-state index in [2.05, 4.69) is 4.90 Å². The third kappa shape index (κ3) is 3.82. The summed E-state index contributed by atoms with van der Waals surface area (Å²) in [5.74, 6) is -0.331. The average Bonchev–Trinajstić information content (AvgIpc) is 3.05. The predicted octanol–water partition coefficient (Wildman–Crippen LogP) is 3.13.